The van der Waals surface area contributed by atoms with E-state index in [4.69, 9.17) is 40.6 Å². The van der Waals surface area contributed by atoms with Gasteiger partial charge >= 0.3 is 0 Å². The molecule has 19 heavy (non-hydrogen) atoms. The van der Waals surface area contributed by atoms with Crippen molar-refractivity contribution in [1.82, 2.24) is 24.5 Å². The van der Waals surface area contributed by atoms with Gasteiger partial charge in [-0.2, -0.15) is 14.3 Å². The zero-order valence-electron chi connectivity index (χ0n) is 10.4. The van der Waals surface area contributed by atoms with Crippen LogP contribution >= 0.6 is 34.8 Å². The highest BCUT2D eigenvalue weighted by molar-refractivity contribution is 6.66. The maximum absolute atomic E-state index is 12.1. The summed E-state index contributed by atoms with van der Waals surface area (Å²) in [7, 11) is 0. The Kier molecular flexibility index (Phi) is 3.19. The van der Waals surface area contributed by atoms with E-state index < -0.39 is 14.8 Å². The van der Waals surface area contributed by atoms with Crippen molar-refractivity contribution in [3.05, 3.63) is 21.9 Å². The lowest BCUT2D eigenvalue weighted by Crippen LogP contribution is -2.38. The van der Waals surface area contributed by atoms with Crippen molar-refractivity contribution in [3.8, 4) is 0 Å². The number of aromatic nitrogens is 5. The molecule has 0 spiro atoms. The van der Waals surface area contributed by atoms with Crippen LogP contribution in [0.5, 0.6) is 0 Å². The first-order valence-electron chi connectivity index (χ1n) is 5.24. The fourth-order valence-electron chi connectivity index (χ4n) is 1.51. The standard InChI is InChI=1S/C9H11Cl3N6O/c1-8(2,3)4-5(19)17(13)7-15-14-6(9(10,11)12)18(7)16-4/h13H2,1-3H3. The largest absolute Gasteiger partial charge is 0.333 e. The Morgan fingerprint density at radius 1 is 1.16 bits per heavy atom. The molecule has 0 unspecified atom stereocenters. The van der Waals surface area contributed by atoms with Crippen LogP contribution in [0.2, 0.25) is 0 Å². The van der Waals surface area contributed by atoms with E-state index in [-0.39, 0.29) is 17.3 Å². The van der Waals surface area contributed by atoms with Crippen LogP contribution in [0.25, 0.3) is 5.78 Å². The number of halogens is 3. The number of nitrogens with two attached hydrogens (primary N) is 1. The van der Waals surface area contributed by atoms with E-state index in [1.807, 2.05) is 20.8 Å². The van der Waals surface area contributed by atoms with Crippen LogP contribution in [0.4, 0.5) is 0 Å². The average molecular weight is 326 g/mol. The highest BCUT2D eigenvalue weighted by atomic mass is 35.6. The topological polar surface area (TPSA) is 91.1 Å². The van der Waals surface area contributed by atoms with Crippen molar-refractivity contribution in [2.45, 2.75) is 30.0 Å². The highest BCUT2D eigenvalue weighted by Gasteiger charge is 2.32. The van der Waals surface area contributed by atoms with Gasteiger partial charge < -0.3 is 5.84 Å². The third-order valence-corrected chi connectivity index (χ3v) is 2.93. The van der Waals surface area contributed by atoms with Crippen LogP contribution in [0, 0.1) is 0 Å². The molecule has 2 aromatic rings. The highest BCUT2D eigenvalue weighted by Crippen LogP contribution is 2.36. The molecule has 0 aliphatic heterocycles. The minimum Gasteiger partial charge on any atom is -0.333 e. The first-order valence-corrected chi connectivity index (χ1v) is 6.38. The predicted molar refractivity (Wildman–Crippen MR) is 73.1 cm³/mol. The fourth-order valence-corrected chi connectivity index (χ4v) is 1.86. The summed E-state index contributed by atoms with van der Waals surface area (Å²) in [5.41, 5.74) is -0.775. The SMILES string of the molecule is CC(C)(C)c1nn2c(C(Cl)(Cl)Cl)nnc2n(N)c1=O. The molecule has 2 heterocycles. The van der Waals surface area contributed by atoms with E-state index in [1.54, 1.807) is 0 Å². The summed E-state index contributed by atoms with van der Waals surface area (Å²) >= 11 is 17.3. The third kappa shape index (κ3) is 2.37. The van der Waals surface area contributed by atoms with Crippen molar-refractivity contribution >= 4 is 40.6 Å². The first-order chi connectivity index (χ1) is 8.53. The molecule has 10 heteroatoms. The Bertz CT molecular complexity index is 693. The summed E-state index contributed by atoms with van der Waals surface area (Å²) in [5.74, 6) is 5.65. The molecule has 0 aromatic carbocycles. The van der Waals surface area contributed by atoms with E-state index >= 15 is 0 Å². The second-order valence-electron chi connectivity index (χ2n) is 5.01. The van der Waals surface area contributed by atoms with Crippen LogP contribution < -0.4 is 11.4 Å². The van der Waals surface area contributed by atoms with Gasteiger partial charge in [0, 0.05) is 5.41 Å². The monoisotopic (exact) mass is 324 g/mol. The second kappa shape index (κ2) is 4.22. The van der Waals surface area contributed by atoms with Crippen molar-refractivity contribution in [2.75, 3.05) is 5.84 Å². The number of fused-ring (bicyclic) bond motifs is 1. The van der Waals surface area contributed by atoms with Crippen LogP contribution in [-0.4, -0.2) is 24.5 Å². The molecule has 0 bridgehead atoms. The van der Waals surface area contributed by atoms with Gasteiger partial charge in [0.25, 0.3) is 15.1 Å². The van der Waals surface area contributed by atoms with Gasteiger partial charge in [0.2, 0.25) is 5.82 Å². The molecule has 2 rings (SSSR count). The molecule has 0 radical (unpaired) electrons. The van der Waals surface area contributed by atoms with Crippen molar-refractivity contribution in [1.29, 1.82) is 0 Å². The maximum Gasteiger partial charge on any atom is 0.295 e. The number of alkyl halides is 3. The van der Waals surface area contributed by atoms with E-state index in [2.05, 4.69) is 15.3 Å². The number of nitrogen functional groups attached to an aromatic ring is 1. The summed E-state index contributed by atoms with van der Waals surface area (Å²) < 4.78 is 0.175. The summed E-state index contributed by atoms with van der Waals surface area (Å²) in [6.45, 7) is 5.46. The minimum absolute atomic E-state index is 0.000625. The van der Waals surface area contributed by atoms with Gasteiger partial charge in [-0.15, -0.1) is 10.2 Å². The van der Waals surface area contributed by atoms with Gasteiger partial charge in [0.05, 0.1) is 0 Å². The Hall–Kier alpha value is -1.05. The zero-order chi connectivity index (χ0) is 14.6. The van der Waals surface area contributed by atoms with Crippen LogP contribution in [-0.2, 0) is 9.21 Å². The van der Waals surface area contributed by atoms with E-state index in [1.165, 1.54) is 0 Å². The molecule has 0 atom stereocenters. The normalized spacial score (nSPS) is 13.2. The Balaban J connectivity index is 2.90. The summed E-state index contributed by atoms with van der Waals surface area (Å²) in [5, 5.41) is 11.6. The summed E-state index contributed by atoms with van der Waals surface area (Å²) in [6.07, 6.45) is 0. The lowest BCUT2D eigenvalue weighted by molar-refractivity contribution is 0.531. The molecule has 0 fully saturated rings. The van der Waals surface area contributed by atoms with Gasteiger partial charge in [0.1, 0.15) is 5.69 Å². The number of hydrogen-bond acceptors (Lipinski definition) is 5. The molecule has 2 aromatic heterocycles. The number of nitrogens with zero attached hydrogens (tertiary/aromatic N) is 5. The van der Waals surface area contributed by atoms with Gasteiger partial charge in [-0.3, -0.25) is 4.79 Å². The Labute approximate surface area is 123 Å². The molecular weight excluding hydrogens is 314 g/mol. The number of rotatable bonds is 0. The molecule has 0 aliphatic carbocycles. The zero-order valence-corrected chi connectivity index (χ0v) is 12.6. The molecule has 0 saturated heterocycles. The fraction of sp³-hybridized carbons (Fsp3) is 0.556. The van der Waals surface area contributed by atoms with Crippen molar-refractivity contribution in [3.63, 3.8) is 0 Å². The van der Waals surface area contributed by atoms with Gasteiger partial charge in [-0.1, -0.05) is 55.6 Å². The lowest BCUT2D eigenvalue weighted by Gasteiger charge is -2.18. The lowest BCUT2D eigenvalue weighted by atomic mass is 9.93. The summed E-state index contributed by atoms with van der Waals surface area (Å²) in [4.78, 5) is 12.1. The first kappa shape index (κ1) is 14.4. The van der Waals surface area contributed by atoms with Crippen LogP contribution in [0.1, 0.15) is 32.3 Å². The van der Waals surface area contributed by atoms with Crippen molar-refractivity contribution in [2.24, 2.45) is 0 Å². The maximum atomic E-state index is 12.1. The quantitative estimate of drug-likeness (QED) is 0.579. The van der Waals surface area contributed by atoms with E-state index in [0.29, 0.717) is 0 Å². The van der Waals surface area contributed by atoms with Gasteiger partial charge in [0.15, 0.2) is 0 Å². The van der Waals surface area contributed by atoms with Gasteiger partial charge in [-0.05, 0) is 0 Å². The Morgan fingerprint density at radius 2 is 1.74 bits per heavy atom. The molecule has 2 N–H and O–H groups in total. The minimum atomic E-state index is -1.82. The molecule has 7 nitrogen and oxygen atoms in total. The van der Waals surface area contributed by atoms with Gasteiger partial charge in [-0.25, -0.2) is 0 Å². The molecule has 0 amide bonds. The Morgan fingerprint density at radius 3 is 2.21 bits per heavy atom. The number of hydrogen-bond donors (Lipinski definition) is 1. The second-order valence-corrected chi connectivity index (χ2v) is 7.29. The van der Waals surface area contributed by atoms with Crippen LogP contribution in [0.3, 0.4) is 0 Å². The third-order valence-electron chi connectivity index (χ3n) is 2.43. The van der Waals surface area contributed by atoms with Crippen LogP contribution in [0.15, 0.2) is 4.79 Å². The molecule has 0 saturated carbocycles. The molecular formula is C9H11Cl3N6O. The molecule has 104 valence electrons. The molecule has 0 aliphatic rings. The van der Waals surface area contributed by atoms with Crippen molar-refractivity contribution < 1.29 is 0 Å². The van der Waals surface area contributed by atoms with E-state index in [9.17, 15) is 4.79 Å². The predicted octanol–water partition coefficient (Wildman–Crippen LogP) is 1.12. The summed E-state index contributed by atoms with van der Waals surface area (Å²) in [6, 6.07) is 0. The van der Waals surface area contributed by atoms with E-state index in [0.717, 1.165) is 9.19 Å². The smallest absolute Gasteiger partial charge is 0.295 e. The average Bonchev–Trinajstić information content (AvgIpc) is 2.64.